The third-order valence-electron chi connectivity index (χ3n) is 3.35. The van der Waals surface area contributed by atoms with E-state index >= 15 is 0 Å². The van der Waals surface area contributed by atoms with Crippen molar-refractivity contribution in [3.8, 4) is 0 Å². The Morgan fingerprint density at radius 2 is 2.00 bits per heavy atom. The van der Waals surface area contributed by atoms with E-state index in [0.717, 1.165) is 19.6 Å². The number of aryl methyl sites for hydroxylation is 1. The summed E-state index contributed by atoms with van der Waals surface area (Å²) in [6.07, 6.45) is 1.33. The highest BCUT2D eigenvalue weighted by Gasteiger charge is 2.34. The number of hydrogen-bond donors (Lipinski definition) is 1. The molecule has 2 unspecified atom stereocenters. The second-order valence-corrected chi connectivity index (χ2v) is 7.23. The molecule has 0 aromatic carbocycles. The van der Waals surface area contributed by atoms with Gasteiger partial charge in [0.1, 0.15) is 0 Å². The van der Waals surface area contributed by atoms with Gasteiger partial charge in [-0.05, 0) is 49.2 Å². The first kappa shape index (κ1) is 16.7. The number of hydrogen-bond acceptors (Lipinski definition) is 3. The number of thiophene rings is 1. The van der Waals surface area contributed by atoms with Crippen LogP contribution in [0.3, 0.4) is 0 Å². The summed E-state index contributed by atoms with van der Waals surface area (Å²) in [6, 6.07) is 2.52. The Labute approximate surface area is 122 Å². The molecule has 110 valence electrons. The highest BCUT2D eigenvalue weighted by Crippen LogP contribution is 2.35. The van der Waals surface area contributed by atoms with E-state index in [-0.39, 0.29) is 17.6 Å². The minimum atomic E-state index is 0.121. The van der Waals surface area contributed by atoms with E-state index in [0.29, 0.717) is 0 Å². The lowest BCUT2D eigenvalue weighted by atomic mass is 9.82. The molecule has 1 N–H and O–H groups in total. The van der Waals surface area contributed by atoms with Gasteiger partial charge in [-0.25, -0.2) is 0 Å². The van der Waals surface area contributed by atoms with Gasteiger partial charge in [0.15, 0.2) is 0 Å². The third-order valence-corrected chi connectivity index (χ3v) is 4.21. The maximum atomic E-state index is 6.09. The Morgan fingerprint density at radius 3 is 2.42 bits per heavy atom. The lowest BCUT2D eigenvalue weighted by Gasteiger charge is -2.37. The van der Waals surface area contributed by atoms with Crippen LogP contribution in [-0.2, 0) is 4.74 Å². The minimum absolute atomic E-state index is 0.121. The van der Waals surface area contributed by atoms with E-state index in [1.54, 1.807) is 0 Å². The van der Waals surface area contributed by atoms with E-state index in [1.807, 2.05) is 11.3 Å². The van der Waals surface area contributed by atoms with Crippen LogP contribution in [0.15, 0.2) is 11.4 Å². The van der Waals surface area contributed by atoms with Gasteiger partial charge in [-0.2, -0.15) is 0 Å². The lowest BCUT2D eigenvalue weighted by Crippen LogP contribution is -2.42. The van der Waals surface area contributed by atoms with Gasteiger partial charge in [0.05, 0.1) is 12.1 Å². The van der Waals surface area contributed by atoms with E-state index in [9.17, 15) is 0 Å². The summed E-state index contributed by atoms with van der Waals surface area (Å²) < 4.78 is 6.09. The summed E-state index contributed by atoms with van der Waals surface area (Å²) in [7, 11) is 0. The van der Waals surface area contributed by atoms with Crippen molar-refractivity contribution in [1.29, 1.82) is 0 Å². The topological polar surface area (TPSA) is 21.3 Å². The molecule has 1 aromatic heterocycles. The molecule has 0 saturated carbocycles. The summed E-state index contributed by atoms with van der Waals surface area (Å²) in [5.74, 6) is 0. The van der Waals surface area contributed by atoms with Crippen LogP contribution in [0.25, 0.3) is 0 Å². The van der Waals surface area contributed by atoms with Crippen molar-refractivity contribution < 1.29 is 4.74 Å². The molecule has 0 spiro atoms. The van der Waals surface area contributed by atoms with Crippen molar-refractivity contribution in [2.45, 2.75) is 60.1 Å². The number of rotatable bonds is 7. The van der Waals surface area contributed by atoms with E-state index in [1.165, 1.54) is 10.4 Å². The van der Waals surface area contributed by atoms with Crippen molar-refractivity contribution in [2.24, 2.45) is 5.41 Å². The van der Waals surface area contributed by atoms with Crippen LogP contribution in [-0.4, -0.2) is 19.3 Å². The minimum Gasteiger partial charge on any atom is -0.376 e. The van der Waals surface area contributed by atoms with Crippen LogP contribution in [0.5, 0.6) is 0 Å². The molecule has 0 aliphatic heterocycles. The van der Waals surface area contributed by atoms with E-state index < -0.39 is 0 Å². The van der Waals surface area contributed by atoms with Gasteiger partial charge < -0.3 is 10.1 Å². The Bertz CT molecular complexity index is 367. The van der Waals surface area contributed by atoms with Gasteiger partial charge in [0.2, 0.25) is 0 Å². The zero-order valence-electron chi connectivity index (χ0n) is 13.2. The van der Waals surface area contributed by atoms with Crippen molar-refractivity contribution in [3.05, 3.63) is 21.9 Å². The predicted octanol–water partition coefficient (Wildman–Crippen LogP) is 4.55. The largest absolute Gasteiger partial charge is 0.376 e. The van der Waals surface area contributed by atoms with Crippen LogP contribution in [0.2, 0.25) is 0 Å². The average molecular weight is 283 g/mol. The van der Waals surface area contributed by atoms with Crippen LogP contribution < -0.4 is 5.32 Å². The summed E-state index contributed by atoms with van der Waals surface area (Å²) in [4.78, 5) is 1.39. The maximum absolute atomic E-state index is 6.09. The fourth-order valence-electron chi connectivity index (χ4n) is 2.42. The van der Waals surface area contributed by atoms with Gasteiger partial charge in [-0.15, -0.1) is 11.3 Å². The van der Waals surface area contributed by atoms with E-state index in [4.69, 9.17) is 4.74 Å². The summed E-state index contributed by atoms with van der Waals surface area (Å²) in [5.41, 5.74) is 1.52. The monoisotopic (exact) mass is 283 g/mol. The molecular weight excluding hydrogens is 254 g/mol. The molecule has 0 amide bonds. The normalized spacial score (nSPS) is 15.5. The Morgan fingerprint density at radius 1 is 1.32 bits per heavy atom. The van der Waals surface area contributed by atoms with E-state index in [2.05, 4.69) is 58.3 Å². The Hall–Kier alpha value is -0.380. The highest BCUT2D eigenvalue weighted by atomic mass is 32.1. The zero-order valence-corrected chi connectivity index (χ0v) is 14.1. The quantitative estimate of drug-likeness (QED) is 0.792. The SMILES string of the molecule is CCCNC(c1ccsc1C)C(OCC)C(C)(C)C. The van der Waals surface area contributed by atoms with Crippen molar-refractivity contribution in [3.63, 3.8) is 0 Å². The molecule has 1 rings (SSSR count). The fourth-order valence-corrected chi connectivity index (χ4v) is 3.17. The summed E-state index contributed by atoms with van der Waals surface area (Å²) >= 11 is 1.82. The van der Waals surface area contributed by atoms with Gasteiger partial charge in [0, 0.05) is 11.5 Å². The molecule has 2 atom stereocenters. The van der Waals surface area contributed by atoms with Crippen molar-refractivity contribution in [1.82, 2.24) is 5.32 Å². The standard InChI is InChI=1S/C16H29NOS/c1-7-10-17-14(13-9-11-19-12(13)3)15(18-8-2)16(4,5)6/h9,11,14-15,17H,7-8,10H2,1-6H3. The van der Waals surface area contributed by atoms with Crippen LogP contribution in [0.1, 0.15) is 57.5 Å². The van der Waals surface area contributed by atoms with Crippen LogP contribution >= 0.6 is 11.3 Å². The van der Waals surface area contributed by atoms with Gasteiger partial charge in [0.25, 0.3) is 0 Å². The molecule has 2 nitrogen and oxygen atoms in total. The first-order valence-corrected chi connectivity index (χ1v) is 8.18. The maximum Gasteiger partial charge on any atom is 0.0818 e. The van der Waals surface area contributed by atoms with Crippen molar-refractivity contribution >= 4 is 11.3 Å². The molecule has 0 radical (unpaired) electrons. The van der Waals surface area contributed by atoms with Gasteiger partial charge in [-0.3, -0.25) is 0 Å². The molecule has 1 aromatic rings. The Kier molecular flexibility index (Phi) is 6.51. The van der Waals surface area contributed by atoms with Crippen LogP contribution in [0, 0.1) is 12.3 Å². The van der Waals surface area contributed by atoms with Crippen LogP contribution in [0.4, 0.5) is 0 Å². The molecule has 3 heteroatoms. The van der Waals surface area contributed by atoms with Gasteiger partial charge >= 0.3 is 0 Å². The molecule has 0 aliphatic rings. The molecule has 1 heterocycles. The third kappa shape index (κ3) is 4.59. The summed E-state index contributed by atoms with van der Waals surface area (Å²) in [5, 5.41) is 5.86. The predicted molar refractivity (Wildman–Crippen MR) is 85.0 cm³/mol. The second-order valence-electron chi connectivity index (χ2n) is 6.11. The molecule has 0 saturated heterocycles. The molecule has 0 aliphatic carbocycles. The Balaban J connectivity index is 3.03. The average Bonchev–Trinajstić information content (AvgIpc) is 2.73. The van der Waals surface area contributed by atoms with Crippen molar-refractivity contribution in [2.75, 3.05) is 13.2 Å². The smallest absolute Gasteiger partial charge is 0.0818 e. The van der Waals surface area contributed by atoms with Gasteiger partial charge in [-0.1, -0.05) is 27.7 Å². The highest BCUT2D eigenvalue weighted by molar-refractivity contribution is 7.10. The molecule has 0 fully saturated rings. The zero-order chi connectivity index (χ0) is 14.5. The first-order chi connectivity index (χ1) is 8.91. The molecule has 0 bridgehead atoms. The fraction of sp³-hybridized carbons (Fsp3) is 0.750. The molecule has 19 heavy (non-hydrogen) atoms. The number of ether oxygens (including phenoxy) is 1. The second kappa shape index (κ2) is 7.41. The molecular formula is C16H29NOS. The first-order valence-electron chi connectivity index (χ1n) is 7.30. The lowest BCUT2D eigenvalue weighted by molar-refractivity contribution is -0.0366. The number of nitrogens with one attached hydrogen (secondary N) is 1. The summed E-state index contributed by atoms with van der Waals surface area (Å²) in [6.45, 7) is 15.1.